The molecule has 2 heteroatoms. The van der Waals surface area contributed by atoms with E-state index in [0.717, 1.165) is 10.6 Å². The van der Waals surface area contributed by atoms with Gasteiger partial charge in [-0.3, -0.25) is 0 Å². The van der Waals surface area contributed by atoms with E-state index in [1.54, 1.807) is 11.3 Å². The number of hydrogen-bond acceptors (Lipinski definition) is 2. The van der Waals surface area contributed by atoms with Crippen molar-refractivity contribution >= 4 is 17.0 Å². The largest absolute Gasteiger partial charge is 0.398 e. The molecule has 1 rings (SSSR count). The average Bonchev–Trinajstić information content (AvgIpc) is 2.30. The van der Waals surface area contributed by atoms with Crippen molar-refractivity contribution in [2.24, 2.45) is 5.41 Å². The fourth-order valence-electron chi connectivity index (χ4n) is 0.666. The summed E-state index contributed by atoms with van der Waals surface area (Å²) in [5.41, 5.74) is 6.43. The molecule has 0 saturated heterocycles. The molecule has 12 heavy (non-hydrogen) atoms. The third-order valence-corrected chi connectivity index (χ3v) is 2.04. The Balaban J connectivity index is 2.80. The fraction of sp³-hybridized carbons (Fsp3) is 0.400. The first-order valence-electron chi connectivity index (χ1n) is 3.84. The highest BCUT2D eigenvalue weighted by molar-refractivity contribution is 7.11. The first-order valence-corrected chi connectivity index (χ1v) is 4.72. The van der Waals surface area contributed by atoms with Crippen molar-refractivity contribution in [3.05, 3.63) is 16.3 Å². The Hall–Kier alpha value is -0.940. The predicted molar refractivity (Wildman–Crippen MR) is 55.1 cm³/mol. The molecule has 1 nitrogen and oxygen atoms in total. The second-order valence-corrected chi connectivity index (χ2v) is 4.66. The zero-order chi connectivity index (χ0) is 9.19. The van der Waals surface area contributed by atoms with Gasteiger partial charge in [-0.1, -0.05) is 11.8 Å². The highest BCUT2D eigenvalue weighted by Crippen LogP contribution is 2.16. The Morgan fingerprint density at radius 2 is 2.08 bits per heavy atom. The van der Waals surface area contributed by atoms with Crippen molar-refractivity contribution in [2.45, 2.75) is 20.8 Å². The van der Waals surface area contributed by atoms with Gasteiger partial charge in [-0.05, 0) is 26.8 Å². The van der Waals surface area contributed by atoms with Gasteiger partial charge in [-0.15, -0.1) is 11.3 Å². The van der Waals surface area contributed by atoms with Gasteiger partial charge in [0.2, 0.25) is 0 Å². The van der Waals surface area contributed by atoms with E-state index in [1.165, 1.54) is 0 Å². The highest BCUT2D eigenvalue weighted by atomic mass is 32.1. The van der Waals surface area contributed by atoms with Crippen molar-refractivity contribution < 1.29 is 0 Å². The zero-order valence-corrected chi connectivity index (χ0v) is 8.46. The lowest BCUT2D eigenvalue weighted by atomic mass is 9.98. The number of nitrogen functional groups attached to an aromatic ring is 1. The zero-order valence-electron chi connectivity index (χ0n) is 7.64. The van der Waals surface area contributed by atoms with Gasteiger partial charge in [0.05, 0.1) is 4.88 Å². The molecule has 0 aliphatic carbocycles. The van der Waals surface area contributed by atoms with Gasteiger partial charge in [0.1, 0.15) is 0 Å². The molecule has 1 heterocycles. The minimum Gasteiger partial charge on any atom is -0.398 e. The van der Waals surface area contributed by atoms with E-state index in [0.29, 0.717) is 0 Å². The van der Waals surface area contributed by atoms with Crippen LogP contribution < -0.4 is 5.73 Å². The van der Waals surface area contributed by atoms with Gasteiger partial charge in [0, 0.05) is 16.5 Å². The van der Waals surface area contributed by atoms with Gasteiger partial charge in [0.15, 0.2) is 0 Å². The molecule has 0 radical (unpaired) electrons. The molecule has 0 bridgehead atoms. The molecular weight excluding hydrogens is 166 g/mol. The topological polar surface area (TPSA) is 26.0 Å². The number of anilines is 1. The summed E-state index contributed by atoms with van der Waals surface area (Å²) >= 11 is 1.59. The number of thiophene rings is 1. The molecular formula is C10H13NS. The molecule has 0 amide bonds. The molecule has 0 unspecified atom stereocenters. The molecule has 0 aromatic carbocycles. The Morgan fingerprint density at radius 3 is 2.50 bits per heavy atom. The molecule has 2 N–H and O–H groups in total. The molecule has 0 aliphatic rings. The van der Waals surface area contributed by atoms with Crippen LogP contribution in [0.1, 0.15) is 25.6 Å². The molecule has 0 atom stereocenters. The van der Waals surface area contributed by atoms with Crippen molar-refractivity contribution in [3.8, 4) is 11.8 Å². The standard InChI is InChI=1S/C10H13NS/c1-10(2,3)5-4-9-6-8(11)7-12-9/h6-7H,11H2,1-3H3. The Bertz CT molecular complexity index is 320. The summed E-state index contributed by atoms with van der Waals surface area (Å²) in [5, 5.41) is 1.91. The van der Waals surface area contributed by atoms with Crippen LogP contribution in [-0.2, 0) is 0 Å². The monoisotopic (exact) mass is 179 g/mol. The lowest BCUT2D eigenvalue weighted by Crippen LogP contribution is -1.98. The van der Waals surface area contributed by atoms with Crippen LogP contribution in [0.15, 0.2) is 11.4 Å². The van der Waals surface area contributed by atoms with Crippen molar-refractivity contribution in [1.82, 2.24) is 0 Å². The fourth-order valence-corrected chi connectivity index (χ4v) is 1.31. The van der Waals surface area contributed by atoms with E-state index < -0.39 is 0 Å². The van der Waals surface area contributed by atoms with Crippen LogP contribution in [0.4, 0.5) is 5.69 Å². The van der Waals surface area contributed by atoms with Crippen LogP contribution in [0, 0.1) is 17.3 Å². The number of nitrogens with two attached hydrogens (primary N) is 1. The highest BCUT2D eigenvalue weighted by Gasteiger charge is 2.03. The molecule has 1 aromatic heterocycles. The van der Waals surface area contributed by atoms with Crippen LogP contribution in [0.5, 0.6) is 0 Å². The van der Waals surface area contributed by atoms with E-state index >= 15 is 0 Å². The van der Waals surface area contributed by atoms with Crippen LogP contribution in [0.25, 0.3) is 0 Å². The van der Waals surface area contributed by atoms with Crippen molar-refractivity contribution in [1.29, 1.82) is 0 Å². The maximum absolute atomic E-state index is 5.56. The molecule has 0 fully saturated rings. The van der Waals surface area contributed by atoms with E-state index in [9.17, 15) is 0 Å². The normalized spacial score (nSPS) is 10.6. The smallest absolute Gasteiger partial charge is 0.0789 e. The quantitative estimate of drug-likeness (QED) is 0.609. The molecule has 0 aliphatic heterocycles. The lowest BCUT2D eigenvalue weighted by Gasteiger charge is -2.06. The molecule has 0 spiro atoms. The Kier molecular flexibility index (Phi) is 2.44. The summed E-state index contributed by atoms with van der Waals surface area (Å²) in [4.78, 5) is 1.04. The molecule has 0 saturated carbocycles. The number of hydrogen-bond donors (Lipinski definition) is 1. The third kappa shape index (κ3) is 2.98. The van der Waals surface area contributed by atoms with Gasteiger partial charge < -0.3 is 5.73 Å². The van der Waals surface area contributed by atoms with E-state index in [4.69, 9.17) is 5.73 Å². The first-order chi connectivity index (χ1) is 5.47. The number of rotatable bonds is 0. The predicted octanol–water partition coefficient (Wildman–Crippen LogP) is 2.73. The summed E-state index contributed by atoms with van der Waals surface area (Å²) in [6.07, 6.45) is 0. The minimum atomic E-state index is 0.0682. The second kappa shape index (κ2) is 3.20. The van der Waals surface area contributed by atoms with Crippen LogP contribution >= 0.6 is 11.3 Å². The second-order valence-electron chi connectivity index (χ2n) is 3.74. The van der Waals surface area contributed by atoms with E-state index in [1.807, 2.05) is 11.4 Å². The van der Waals surface area contributed by atoms with Crippen LogP contribution in [-0.4, -0.2) is 0 Å². The minimum absolute atomic E-state index is 0.0682. The summed E-state index contributed by atoms with van der Waals surface area (Å²) < 4.78 is 0. The molecule has 1 aromatic rings. The lowest BCUT2D eigenvalue weighted by molar-refractivity contribution is 0.571. The summed E-state index contributed by atoms with van der Waals surface area (Å²) in [5.74, 6) is 6.25. The van der Waals surface area contributed by atoms with Crippen molar-refractivity contribution in [3.63, 3.8) is 0 Å². The van der Waals surface area contributed by atoms with Crippen LogP contribution in [0.2, 0.25) is 0 Å². The van der Waals surface area contributed by atoms with Gasteiger partial charge in [-0.25, -0.2) is 0 Å². The van der Waals surface area contributed by atoms with E-state index in [-0.39, 0.29) is 5.41 Å². The summed E-state index contributed by atoms with van der Waals surface area (Å²) in [7, 11) is 0. The maximum atomic E-state index is 5.56. The summed E-state index contributed by atoms with van der Waals surface area (Å²) in [6.45, 7) is 6.28. The SMILES string of the molecule is CC(C)(C)C#Cc1cc(N)cs1. The Morgan fingerprint density at radius 1 is 1.42 bits per heavy atom. The average molecular weight is 179 g/mol. The van der Waals surface area contributed by atoms with E-state index in [2.05, 4.69) is 32.6 Å². The van der Waals surface area contributed by atoms with Crippen molar-refractivity contribution in [2.75, 3.05) is 5.73 Å². The van der Waals surface area contributed by atoms with Gasteiger partial charge in [0.25, 0.3) is 0 Å². The summed E-state index contributed by atoms with van der Waals surface area (Å²) in [6, 6.07) is 1.91. The molecule has 64 valence electrons. The van der Waals surface area contributed by atoms with Gasteiger partial charge in [-0.2, -0.15) is 0 Å². The van der Waals surface area contributed by atoms with Crippen LogP contribution in [0.3, 0.4) is 0 Å². The Labute approximate surface area is 77.6 Å². The third-order valence-electron chi connectivity index (χ3n) is 1.18. The van der Waals surface area contributed by atoms with Gasteiger partial charge >= 0.3 is 0 Å². The maximum Gasteiger partial charge on any atom is 0.0789 e. The first kappa shape index (κ1) is 9.15.